The smallest absolute Gasteiger partial charge is 0.256 e. The van der Waals surface area contributed by atoms with Crippen molar-refractivity contribution in [3.8, 4) is 5.75 Å². The lowest BCUT2D eigenvalue weighted by molar-refractivity contribution is -0.000740. The minimum Gasteiger partial charge on any atom is -0.497 e. The molecule has 1 aliphatic carbocycles. The van der Waals surface area contributed by atoms with Gasteiger partial charge < -0.3 is 9.64 Å². The van der Waals surface area contributed by atoms with E-state index in [9.17, 15) is 4.79 Å². The summed E-state index contributed by atoms with van der Waals surface area (Å²) in [7, 11) is 1.64. The van der Waals surface area contributed by atoms with E-state index >= 15 is 0 Å². The molecular formula is C19H29IN4O2. The Hall–Kier alpha value is -0.900. The molecule has 0 spiro atoms. The van der Waals surface area contributed by atoms with Crippen LogP contribution in [-0.4, -0.2) is 79.3 Å². The largest absolute Gasteiger partial charge is 0.497 e. The summed E-state index contributed by atoms with van der Waals surface area (Å²) in [4.78, 5) is 20.0. The van der Waals surface area contributed by atoms with Crippen LogP contribution in [0.15, 0.2) is 24.3 Å². The fourth-order valence-electron chi connectivity index (χ4n) is 4.08. The van der Waals surface area contributed by atoms with E-state index in [-0.39, 0.29) is 36.2 Å². The summed E-state index contributed by atoms with van der Waals surface area (Å²) in [6.45, 7) is 5.91. The fourth-order valence-corrected chi connectivity index (χ4v) is 4.08. The van der Waals surface area contributed by atoms with E-state index in [0.717, 1.165) is 56.6 Å². The number of ether oxygens (including phenoxy) is 1. The zero-order chi connectivity index (χ0) is 17.2. The van der Waals surface area contributed by atoms with Gasteiger partial charge in [-0.25, -0.2) is 0 Å². The Bertz CT molecular complexity index is 600. The third kappa shape index (κ3) is 4.00. The minimum absolute atomic E-state index is 0. The zero-order valence-corrected chi connectivity index (χ0v) is 17.7. The molecule has 1 saturated carbocycles. The van der Waals surface area contributed by atoms with Gasteiger partial charge in [-0.15, -0.1) is 24.0 Å². The molecule has 0 bridgehead atoms. The first kappa shape index (κ1) is 19.9. The SMILES string of the molecule is COc1ccc(C(=O)N2CCNC2N2CCN(C3CCC3)CC2)cc1.I. The van der Waals surface area contributed by atoms with Gasteiger partial charge in [-0.2, -0.15) is 0 Å². The molecule has 4 rings (SSSR count). The van der Waals surface area contributed by atoms with Crippen LogP contribution in [0.1, 0.15) is 29.6 Å². The summed E-state index contributed by atoms with van der Waals surface area (Å²) in [5.74, 6) is 0.874. The molecule has 2 saturated heterocycles. The van der Waals surface area contributed by atoms with Crippen molar-refractivity contribution in [1.29, 1.82) is 0 Å². The molecule has 0 aromatic heterocycles. The maximum Gasteiger partial charge on any atom is 0.256 e. The predicted octanol–water partition coefficient (Wildman–Crippen LogP) is 1.81. The maximum absolute atomic E-state index is 12.9. The topological polar surface area (TPSA) is 48.1 Å². The summed E-state index contributed by atoms with van der Waals surface area (Å²) in [5.41, 5.74) is 0.725. The van der Waals surface area contributed by atoms with E-state index in [2.05, 4.69) is 15.1 Å². The Labute approximate surface area is 172 Å². The second-order valence-electron chi connectivity index (χ2n) is 7.21. The van der Waals surface area contributed by atoms with Crippen LogP contribution in [0.25, 0.3) is 0 Å². The van der Waals surface area contributed by atoms with E-state index in [4.69, 9.17) is 4.74 Å². The van der Waals surface area contributed by atoms with Crippen molar-refractivity contribution < 1.29 is 9.53 Å². The van der Waals surface area contributed by atoms with E-state index in [1.165, 1.54) is 19.3 Å². The van der Waals surface area contributed by atoms with Crippen LogP contribution in [0.2, 0.25) is 0 Å². The molecule has 1 aromatic carbocycles. The Morgan fingerprint density at radius 1 is 1.04 bits per heavy atom. The molecule has 7 heteroatoms. The molecule has 1 atom stereocenters. The van der Waals surface area contributed by atoms with Crippen LogP contribution in [0.4, 0.5) is 0 Å². The van der Waals surface area contributed by atoms with Gasteiger partial charge in [0.15, 0.2) is 0 Å². The van der Waals surface area contributed by atoms with Crippen molar-refractivity contribution in [2.75, 3.05) is 46.4 Å². The van der Waals surface area contributed by atoms with E-state index < -0.39 is 0 Å². The first-order valence-corrected chi connectivity index (χ1v) is 9.43. The van der Waals surface area contributed by atoms with Gasteiger partial charge in [0, 0.05) is 50.9 Å². The number of carbonyl (C=O) groups is 1. The minimum atomic E-state index is 0. The predicted molar refractivity (Wildman–Crippen MR) is 112 cm³/mol. The molecule has 1 amide bonds. The molecule has 0 radical (unpaired) electrons. The van der Waals surface area contributed by atoms with Crippen molar-refractivity contribution in [3.05, 3.63) is 29.8 Å². The van der Waals surface area contributed by atoms with Crippen LogP contribution in [0.3, 0.4) is 0 Å². The lowest BCUT2D eigenvalue weighted by Crippen LogP contribution is -2.60. The quantitative estimate of drug-likeness (QED) is 0.678. The molecule has 1 N–H and O–H groups in total. The maximum atomic E-state index is 12.9. The first-order chi connectivity index (χ1) is 12.3. The molecule has 3 fully saturated rings. The molecule has 3 aliphatic rings. The number of nitrogens with zero attached hydrogens (tertiary/aromatic N) is 3. The Balaban J connectivity index is 0.00000196. The van der Waals surface area contributed by atoms with Crippen LogP contribution < -0.4 is 10.1 Å². The highest BCUT2D eigenvalue weighted by Crippen LogP contribution is 2.26. The highest BCUT2D eigenvalue weighted by molar-refractivity contribution is 14.0. The number of nitrogens with one attached hydrogen (secondary N) is 1. The van der Waals surface area contributed by atoms with Gasteiger partial charge in [-0.3, -0.25) is 19.9 Å². The van der Waals surface area contributed by atoms with Gasteiger partial charge in [0.2, 0.25) is 0 Å². The van der Waals surface area contributed by atoms with Gasteiger partial charge in [0.1, 0.15) is 12.0 Å². The summed E-state index contributed by atoms with van der Waals surface area (Å²) < 4.78 is 5.18. The fraction of sp³-hybridized carbons (Fsp3) is 0.632. The van der Waals surface area contributed by atoms with Crippen LogP contribution in [0, 0.1) is 0 Å². The lowest BCUT2D eigenvalue weighted by Gasteiger charge is -2.45. The van der Waals surface area contributed by atoms with Crippen molar-refractivity contribution in [1.82, 2.24) is 20.0 Å². The van der Waals surface area contributed by atoms with Gasteiger partial charge >= 0.3 is 0 Å². The molecule has 1 aromatic rings. The number of hydrogen-bond acceptors (Lipinski definition) is 5. The Morgan fingerprint density at radius 2 is 1.69 bits per heavy atom. The Kier molecular flexibility index (Phi) is 6.76. The van der Waals surface area contributed by atoms with Crippen LogP contribution in [-0.2, 0) is 0 Å². The van der Waals surface area contributed by atoms with Crippen LogP contribution in [0.5, 0.6) is 5.75 Å². The summed E-state index contributed by atoms with van der Waals surface area (Å²) in [6.07, 6.45) is 4.14. The molecule has 2 aliphatic heterocycles. The van der Waals surface area contributed by atoms with Gasteiger partial charge in [-0.05, 0) is 37.1 Å². The summed E-state index contributed by atoms with van der Waals surface area (Å²) >= 11 is 0. The number of carbonyl (C=O) groups excluding carboxylic acids is 1. The normalized spacial score (nSPS) is 24.8. The molecule has 6 nitrogen and oxygen atoms in total. The number of amides is 1. The number of halogens is 1. The van der Waals surface area contributed by atoms with Crippen molar-refractivity contribution in [3.63, 3.8) is 0 Å². The number of hydrogen-bond donors (Lipinski definition) is 1. The highest BCUT2D eigenvalue weighted by atomic mass is 127. The average molecular weight is 472 g/mol. The number of methoxy groups -OCH3 is 1. The molecule has 144 valence electrons. The molecule has 1 unspecified atom stereocenters. The van der Waals surface area contributed by atoms with E-state index in [0.29, 0.717) is 0 Å². The summed E-state index contributed by atoms with van der Waals surface area (Å²) in [5, 5.41) is 3.51. The van der Waals surface area contributed by atoms with Gasteiger partial charge in [0.25, 0.3) is 5.91 Å². The standard InChI is InChI=1S/C19H28N4O2.HI/c1-25-17-7-5-15(6-8-17)18(24)23-10-9-20-19(23)22-13-11-21(12-14-22)16-3-2-4-16;/h5-8,16,19-20H,2-4,9-14H2,1H3;1H. The van der Waals surface area contributed by atoms with E-state index in [1.807, 2.05) is 29.2 Å². The monoisotopic (exact) mass is 472 g/mol. The van der Waals surface area contributed by atoms with Gasteiger partial charge in [0.05, 0.1) is 7.11 Å². The second kappa shape index (κ2) is 8.86. The van der Waals surface area contributed by atoms with Crippen molar-refractivity contribution in [2.45, 2.75) is 31.6 Å². The summed E-state index contributed by atoms with van der Waals surface area (Å²) in [6, 6.07) is 8.22. The zero-order valence-electron chi connectivity index (χ0n) is 15.4. The number of benzene rings is 1. The molecular weight excluding hydrogens is 443 g/mol. The third-order valence-electron chi connectivity index (χ3n) is 5.86. The third-order valence-corrected chi connectivity index (χ3v) is 5.86. The number of rotatable bonds is 4. The Morgan fingerprint density at radius 3 is 2.27 bits per heavy atom. The second-order valence-corrected chi connectivity index (χ2v) is 7.21. The number of piperazine rings is 1. The van der Waals surface area contributed by atoms with Crippen molar-refractivity contribution >= 4 is 29.9 Å². The molecule has 26 heavy (non-hydrogen) atoms. The molecule has 2 heterocycles. The lowest BCUT2D eigenvalue weighted by atomic mass is 9.91. The highest BCUT2D eigenvalue weighted by Gasteiger charge is 2.36. The van der Waals surface area contributed by atoms with Gasteiger partial charge in [-0.1, -0.05) is 6.42 Å². The van der Waals surface area contributed by atoms with E-state index in [1.54, 1.807) is 7.11 Å². The van der Waals surface area contributed by atoms with Crippen LogP contribution >= 0.6 is 24.0 Å². The van der Waals surface area contributed by atoms with Crippen molar-refractivity contribution in [2.24, 2.45) is 0 Å². The first-order valence-electron chi connectivity index (χ1n) is 9.43. The average Bonchev–Trinajstić information content (AvgIpc) is 3.10.